The molecule has 3 atom stereocenters. The predicted octanol–water partition coefficient (Wildman–Crippen LogP) is 0.741. The Balaban J connectivity index is 1.66. The van der Waals surface area contributed by atoms with Gasteiger partial charge in [-0.1, -0.05) is 13.8 Å². The normalized spacial score (nSPS) is 36.9. The maximum Gasteiger partial charge on any atom is 0.151 e. The van der Waals surface area contributed by atoms with Crippen LogP contribution in [0.15, 0.2) is 0 Å². The molecule has 2 rings (SSSR count). The summed E-state index contributed by atoms with van der Waals surface area (Å²) < 4.78 is 22.7. The molecule has 2 saturated heterocycles. The molecule has 0 spiro atoms. The average Bonchev–Trinajstić information content (AvgIpc) is 2.57. The molecule has 5 heteroatoms. The summed E-state index contributed by atoms with van der Waals surface area (Å²) in [5.74, 6) is 2.28. The lowest BCUT2D eigenvalue weighted by Crippen LogP contribution is -2.43. The quantitative estimate of drug-likeness (QED) is 0.821. The molecule has 2 aliphatic rings. The fourth-order valence-corrected chi connectivity index (χ4v) is 5.07. The van der Waals surface area contributed by atoms with E-state index in [0.29, 0.717) is 11.5 Å². The van der Waals surface area contributed by atoms with E-state index >= 15 is 0 Å². The van der Waals surface area contributed by atoms with Gasteiger partial charge in [0.15, 0.2) is 9.84 Å². The number of sulfone groups is 1. The summed E-state index contributed by atoms with van der Waals surface area (Å²) in [6, 6.07) is 0.189. The molecular weight excluding hydrogens is 248 g/mol. The first-order valence-electron chi connectivity index (χ1n) is 7.11. The first kappa shape index (κ1) is 14.3. The molecule has 18 heavy (non-hydrogen) atoms. The lowest BCUT2D eigenvalue weighted by molar-refractivity contribution is 0.141. The highest BCUT2D eigenvalue weighted by Crippen LogP contribution is 2.20. The number of hydrogen-bond donors (Lipinski definition) is 1. The molecule has 0 radical (unpaired) electrons. The molecule has 0 bridgehead atoms. The van der Waals surface area contributed by atoms with Crippen LogP contribution in [0.3, 0.4) is 0 Å². The van der Waals surface area contributed by atoms with Gasteiger partial charge in [0.2, 0.25) is 0 Å². The Morgan fingerprint density at radius 2 is 1.89 bits per heavy atom. The molecule has 0 saturated carbocycles. The van der Waals surface area contributed by atoms with Gasteiger partial charge < -0.3 is 10.2 Å². The van der Waals surface area contributed by atoms with Crippen molar-refractivity contribution >= 4 is 9.84 Å². The van der Waals surface area contributed by atoms with Crippen LogP contribution in [0.5, 0.6) is 0 Å². The Kier molecular flexibility index (Phi) is 4.67. The number of likely N-dealkylation sites (tertiary alicyclic amines) is 1. The Labute approximate surface area is 111 Å². The van der Waals surface area contributed by atoms with Gasteiger partial charge >= 0.3 is 0 Å². The topological polar surface area (TPSA) is 49.4 Å². The van der Waals surface area contributed by atoms with Gasteiger partial charge in [-0.05, 0) is 24.7 Å². The molecule has 2 aliphatic heterocycles. The summed E-state index contributed by atoms with van der Waals surface area (Å²) in [4.78, 5) is 2.51. The second-order valence-electron chi connectivity index (χ2n) is 6.26. The third kappa shape index (κ3) is 4.21. The third-order valence-corrected chi connectivity index (χ3v) is 5.81. The highest BCUT2D eigenvalue weighted by molar-refractivity contribution is 7.91. The minimum absolute atomic E-state index is 0.189. The van der Waals surface area contributed by atoms with E-state index < -0.39 is 9.84 Å². The summed E-state index contributed by atoms with van der Waals surface area (Å²) >= 11 is 0. The van der Waals surface area contributed by atoms with Crippen molar-refractivity contribution in [3.05, 3.63) is 0 Å². The highest BCUT2D eigenvalue weighted by Gasteiger charge is 2.27. The molecule has 3 unspecified atom stereocenters. The maximum absolute atomic E-state index is 11.3. The van der Waals surface area contributed by atoms with E-state index in [1.807, 2.05) is 0 Å². The van der Waals surface area contributed by atoms with Crippen molar-refractivity contribution in [1.29, 1.82) is 0 Å². The van der Waals surface area contributed by atoms with E-state index in [4.69, 9.17) is 0 Å². The number of hydrogen-bond acceptors (Lipinski definition) is 4. The van der Waals surface area contributed by atoms with Crippen molar-refractivity contribution in [1.82, 2.24) is 10.2 Å². The third-order valence-electron chi connectivity index (χ3n) is 4.04. The van der Waals surface area contributed by atoms with Crippen LogP contribution in [0.2, 0.25) is 0 Å². The molecule has 0 amide bonds. The summed E-state index contributed by atoms with van der Waals surface area (Å²) in [6.07, 6.45) is 2.12. The van der Waals surface area contributed by atoms with Crippen molar-refractivity contribution in [3.8, 4) is 0 Å². The zero-order valence-electron chi connectivity index (χ0n) is 11.6. The zero-order valence-corrected chi connectivity index (χ0v) is 12.4. The zero-order chi connectivity index (χ0) is 13.2. The van der Waals surface area contributed by atoms with Crippen LogP contribution in [0.25, 0.3) is 0 Å². The van der Waals surface area contributed by atoms with Crippen LogP contribution in [-0.2, 0) is 9.84 Å². The molecule has 0 aromatic heterocycles. The van der Waals surface area contributed by atoms with E-state index in [9.17, 15) is 8.42 Å². The fourth-order valence-electron chi connectivity index (χ4n) is 3.36. The monoisotopic (exact) mass is 274 g/mol. The smallest absolute Gasteiger partial charge is 0.151 e. The lowest BCUT2D eigenvalue weighted by atomic mass is 9.92. The summed E-state index contributed by atoms with van der Waals surface area (Å²) in [5, 5.41) is 3.39. The summed E-state index contributed by atoms with van der Waals surface area (Å²) in [5.41, 5.74) is 0. The molecular formula is C13H26N2O2S. The van der Waals surface area contributed by atoms with Gasteiger partial charge in [-0.25, -0.2) is 8.42 Å². The molecule has 106 valence electrons. The molecule has 2 fully saturated rings. The van der Waals surface area contributed by atoms with Crippen molar-refractivity contribution in [2.45, 2.75) is 32.7 Å². The Morgan fingerprint density at radius 3 is 2.44 bits per heavy atom. The van der Waals surface area contributed by atoms with E-state index in [2.05, 4.69) is 24.1 Å². The maximum atomic E-state index is 11.3. The Hall–Kier alpha value is -0.130. The van der Waals surface area contributed by atoms with Gasteiger partial charge in [0, 0.05) is 32.2 Å². The van der Waals surface area contributed by atoms with Crippen molar-refractivity contribution in [2.75, 3.05) is 37.7 Å². The SMILES string of the molecule is CC1CC(C)CN(CCNC2CCS(=O)(=O)C2)C1. The van der Waals surface area contributed by atoms with E-state index in [1.165, 1.54) is 19.5 Å². The summed E-state index contributed by atoms with van der Waals surface area (Å²) in [6.45, 7) is 8.98. The molecule has 4 nitrogen and oxygen atoms in total. The Morgan fingerprint density at radius 1 is 1.22 bits per heavy atom. The van der Waals surface area contributed by atoms with Gasteiger partial charge in [0.05, 0.1) is 11.5 Å². The predicted molar refractivity (Wildman–Crippen MR) is 74.4 cm³/mol. The number of piperidine rings is 1. The van der Waals surface area contributed by atoms with Crippen LogP contribution in [0.4, 0.5) is 0 Å². The van der Waals surface area contributed by atoms with E-state index in [1.54, 1.807) is 0 Å². The second-order valence-corrected chi connectivity index (χ2v) is 8.49. The van der Waals surface area contributed by atoms with Crippen LogP contribution in [0, 0.1) is 11.8 Å². The lowest BCUT2D eigenvalue weighted by Gasteiger charge is -2.35. The second kappa shape index (κ2) is 5.88. The molecule has 0 aromatic carbocycles. The Bertz CT molecular complexity index is 359. The van der Waals surface area contributed by atoms with E-state index in [-0.39, 0.29) is 6.04 Å². The number of rotatable bonds is 4. The van der Waals surface area contributed by atoms with Gasteiger partial charge in [0.25, 0.3) is 0 Å². The molecule has 1 N–H and O–H groups in total. The minimum Gasteiger partial charge on any atom is -0.312 e. The molecule has 0 aliphatic carbocycles. The number of nitrogens with one attached hydrogen (secondary N) is 1. The first-order valence-corrected chi connectivity index (χ1v) is 8.93. The van der Waals surface area contributed by atoms with Crippen LogP contribution in [-0.4, -0.2) is 57.0 Å². The fraction of sp³-hybridized carbons (Fsp3) is 1.00. The van der Waals surface area contributed by atoms with Crippen LogP contribution < -0.4 is 5.32 Å². The van der Waals surface area contributed by atoms with Crippen LogP contribution in [0.1, 0.15) is 26.7 Å². The van der Waals surface area contributed by atoms with Crippen LogP contribution >= 0.6 is 0 Å². The molecule has 2 heterocycles. The van der Waals surface area contributed by atoms with Crippen molar-refractivity contribution in [2.24, 2.45) is 11.8 Å². The van der Waals surface area contributed by atoms with Crippen molar-refractivity contribution < 1.29 is 8.42 Å². The van der Waals surface area contributed by atoms with Crippen molar-refractivity contribution in [3.63, 3.8) is 0 Å². The highest BCUT2D eigenvalue weighted by atomic mass is 32.2. The molecule has 0 aromatic rings. The van der Waals surface area contributed by atoms with E-state index in [0.717, 1.165) is 31.3 Å². The van der Waals surface area contributed by atoms with Gasteiger partial charge in [-0.15, -0.1) is 0 Å². The minimum atomic E-state index is -2.74. The largest absolute Gasteiger partial charge is 0.312 e. The first-order chi connectivity index (χ1) is 8.44. The van der Waals surface area contributed by atoms with Gasteiger partial charge in [-0.2, -0.15) is 0 Å². The standard InChI is InChI=1S/C13H26N2O2S/c1-11-7-12(2)9-15(8-11)5-4-14-13-3-6-18(16,17)10-13/h11-14H,3-10H2,1-2H3. The van der Waals surface area contributed by atoms with Gasteiger partial charge in [0.1, 0.15) is 0 Å². The average molecular weight is 274 g/mol. The number of nitrogens with zero attached hydrogens (tertiary/aromatic N) is 1. The van der Waals surface area contributed by atoms with Gasteiger partial charge in [-0.3, -0.25) is 0 Å². The summed E-state index contributed by atoms with van der Waals surface area (Å²) in [7, 11) is -2.74.